The number of carbonyl (C=O) groups excluding carboxylic acids is 1. The van der Waals surface area contributed by atoms with Gasteiger partial charge in [0.2, 0.25) is 0 Å². The Morgan fingerprint density at radius 3 is 3.00 bits per heavy atom. The Morgan fingerprint density at radius 1 is 1.53 bits per heavy atom. The van der Waals surface area contributed by atoms with Gasteiger partial charge in [-0.2, -0.15) is 0 Å². The molecule has 1 aromatic rings. The van der Waals surface area contributed by atoms with Gasteiger partial charge in [0.1, 0.15) is 0 Å². The summed E-state index contributed by atoms with van der Waals surface area (Å²) < 4.78 is 0. The van der Waals surface area contributed by atoms with Gasteiger partial charge < -0.3 is 15.3 Å². The van der Waals surface area contributed by atoms with Crippen molar-refractivity contribution in [1.29, 1.82) is 0 Å². The number of nitrogens with zero attached hydrogens (tertiary/aromatic N) is 1. The third-order valence-electron chi connectivity index (χ3n) is 3.46. The second-order valence-electron chi connectivity index (χ2n) is 5.13. The molecule has 2 rings (SSSR count). The van der Waals surface area contributed by atoms with E-state index in [1.807, 2.05) is 32.0 Å². The molecule has 1 unspecified atom stereocenters. The molecule has 1 fully saturated rings. The van der Waals surface area contributed by atoms with Crippen molar-refractivity contribution in [3.05, 3.63) is 29.3 Å². The Balaban J connectivity index is 2.24. The molecule has 1 saturated heterocycles. The van der Waals surface area contributed by atoms with Gasteiger partial charge in [-0.25, -0.2) is 0 Å². The number of anilines is 1. The number of rotatable bonds is 3. The summed E-state index contributed by atoms with van der Waals surface area (Å²) in [6, 6.07) is 5.87. The topological polar surface area (TPSA) is 52.6 Å². The molecule has 1 heterocycles. The largest absolute Gasteiger partial charge is 0.391 e. The van der Waals surface area contributed by atoms with Crippen LogP contribution in [0.2, 0.25) is 0 Å². The molecule has 19 heavy (non-hydrogen) atoms. The van der Waals surface area contributed by atoms with Crippen LogP contribution in [-0.4, -0.2) is 41.7 Å². The molecule has 1 amide bonds. The first kappa shape index (κ1) is 13.9. The summed E-state index contributed by atoms with van der Waals surface area (Å²) in [6.07, 6.45) is 1.28. The van der Waals surface area contributed by atoms with Crippen LogP contribution in [0.25, 0.3) is 0 Å². The Morgan fingerprint density at radius 2 is 2.32 bits per heavy atom. The van der Waals surface area contributed by atoms with Gasteiger partial charge in [-0.05, 0) is 38.8 Å². The number of aliphatic hydroxyl groups is 1. The fraction of sp³-hybridized carbons (Fsp3) is 0.533. The standard InChI is InChI=1S/C15H22N2O2/c1-3-16-14-7-6-11(2)9-13(14)15(19)17-8-4-5-12(18)10-17/h6-7,9,12,16,18H,3-5,8,10H2,1-2H3. The van der Waals surface area contributed by atoms with E-state index in [4.69, 9.17) is 0 Å². The highest BCUT2D eigenvalue weighted by Gasteiger charge is 2.24. The number of amides is 1. The van der Waals surface area contributed by atoms with E-state index < -0.39 is 0 Å². The summed E-state index contributed by atoms with van der Waals surface area (Å²) >= 11 is 0. The third-order valence-corrected chi connectivity index (χ3v) is 3.46. The number of likely N-dealkylation sites (tertiary alicyclic amines) is 1. The molecule has 2 N–H and O–H groups in total. The fourth-order valence-electron chi connectivity index (χ4n) is 2.49. The van der Waals surface area contributed by atoms with E-state index in [1.54, 1.807) is 4.90 Å². The van der Waals surface area contributed by atoms with Crippen molar-refractivity contribution in [2.24, 2.45) is 0 Å². The van der Waals surface area contributed by atoms with Crippen LogP contribution in [0.3, 0.4) is 0 Å². The molecule has 0 bridgehead atoms. The average Bonchev–Trinajstić information content (AvgIpc) is 2.40. The summed E-state index contributed by atoms with van der Waals surface area (Å²) in [5.74, 6) is 0.0124. The highest BCUT2D eigenvalue weighted by molar-refractivity contribution is 5.99. The van der Waals surface area contributed by atoms with Crippen LogP contribution < -0.4 is 5.32 Å². The van der Waals surface area contributed by atoms with Crippen molar-refractivity contribution in [3.8, 4) is 0 Å². The Kier molecular flexibility index (Phi) is 4.43. The van der Waals surface area contributed by atoms with Crippen molar-refractivity contribution in [3.63, 3.8) is 0 Å². The minimum Gasteiger partial charge on any atom is -0.391 e. The predicted molar refractivity (Wildman–Crippen MR) is 76.5 cm³/mol. The monoisotopic (exact) mass is 262 g/mol. The minimum atomic E-state index is -0.384. The molecule has 1 aliphatic heterocycles. The number of piperidine rings is 1. The van der Waals surface area contributed by atoms with Gasteiger partial charge in [0.05, 0.1) is 11.7 Å². The second-order valence-corrected chi connectivity index (χ2v) is 5.13. The van der Waals surface area contributed by atoms with E-state index in [9.17, 15) is 9.90 Å². The maximum Gasteiger partial charge on any atom is 0.256 e. The molecule has 4 nitrogen and oxygen atoms in total. The van der Waals surface area contributed by atoms with Crippen molar-refractivity contribution in [1.82, 2.24) is 4.90 Å². The van der Waals surface area contributed by atoms with Crippen LogP contribution in [0.1, 0.15) is 35.7 Å². The number of carbonyl (C=O) groups is 1. The van der Waals surface area contributed by atoms with Crippen molar-refractivity contribution >= 4 is 11.6 Å². The lowest BCUT2D eigenvalue weighted by Gasteiger charge is -2.30. The molecule has 1 atom stereocenters. The summed E-state index contributed by atoms with van der Waals surface area (Å²) in [5, 5.41) is 12.9. The summed E-state index contributed by atoms with van der Waals surface area (Å²) in [6.45, 7) is 5.95. The SMILES string of the molecule is CCNc1ccc(C)cc1C(=O)N1CCCC(O)C1. The van der Waals surface area contributed by atoms with Gasteiger partial charge in [-0.1, -0.05) is 11.6 Å². The van der Waals surface area contributed by atoms with E-state index >= 15 is 0 Å². The van der Waals surface area contributed by atoms with E-state index in [-0.39, 0.29) is 12.0 Å². The zero-order valence-corrected chi connectivity index (χ0v) is 11.6. The number of hydrogen-bond donors (Lipinski definition) is 2. The van der Waals surface area contributed by atoms with Gasteiger partial charge in [-0.15, -0.1) is 0 Å². The van der Waals surface area contributed by atoms with Crippen LogP contribution in [-0.2, 0) is 0 Å². The summed E-state index contributed by atoms with van der Waals surface area (Å²) in [7, 11) is 0. The molecule has 4 heteroatoms. The zero-order valence-electron chi connectivity index (χ0n) is 11.6. The molecule has 104 valence electrons. The number of nitrogens with one attached hydrogen (secondary N) is 1. The first-order valence-electron chi connectivity index (χ1n) is 6.93. The van der Waals surface area contributed by atoms with Crippen LogP contribution in [0, 0.1) is 6.92 Å². The lowest BCUT2D eigenvalue weighted by Crippen LogP contribution is -2.42. The molecule has 0 radical (unpaired) electrons. The maximum atomic E-state index is 12.6. The van der Waals surface area contributed by atoms with E-state index in [0.29, 0.717) is 12.1 Å². The van der Waals surface area contributed by atoms with Crippen LogP contribution in [0.4, 0.5) is 5.69 Å². The number of aliphatic hydroxyl groups excluding tert-OH is 1. The zero-order chi connectivity index (χ0) is 13.8. The molecular formula is C15H22N2O2. The first-order valence-corrected chi connectivity index (χ1v) is 6.93. The van der Waals surface area contributed by atoms with Gasteiger partial charge in [0.15, 0.2) is 0 Å². The molecule has 1 aliphatic rings. The smallest absolute Gasteiger partial charge is 0.256 e. The van der Waals surface area contributed by atoms with Gasteiger partial charge in [-0.3, -0.25) is 4.79 Å². The lowest BCUT2D eigenvalue weighted by molar-refractivity contribution is 0.0474. The van der Waals surface area contributed by atoms with E-state index in [1.165, 1.54) is 0 Å². The van der Waals surface area contributed by atoms with E-state index in [0.717, 1.165) is 37.2 Å². The van der Waals surface area contributed by atoms with Crippen molar-refractivity contribution < 1.29 is 9.90 Å². The Labute approximate surface area is 114 Å². The van der Waals surface area contributed by atoms with Gasteiger partial charge >= 0.3 is 0 Å². The van der Waals surface area contributed by atoms with Gasteiger partial charge in [0.25, 0.3) is 5.91 Å². The number of aryl methyl sites for hydroxylation is 1. The molecule has 0 saturated carbocycles. The number of hydrogen-bond acceptors (Lipinski definition) is 3. The quantitative estimate of drug-likeness (QED) is 0.876. The lowest BCUT2D eigenvalue weighted by atomic mass is 10.0. The van der Waals surface area contributed by atoms with E-state index in [2.05, 4.69) is 5.32 Å². The van der Waals surface area contributed by atoms with Crippen molar-refractivity contribution in [2.45, 2.75) is 32.8 Å². The van der Waals surface area contributed by atoms with Crippen LogP contribution in [0.15, 0.2) is 18.2 Å². The number of β-amino-alcohol motifs (C(OH)–C–C–N with tert-alkyl or cyclic N) is 1. The predicted octanol–water partition coefficient (Wildman–Crippen LogP) is 2.02. The molecule has 1 aromatic carbocycles. The van der Waals surface area contributed by atoms with Crippen LogP contribution in [0.5, 0.6) is 0 Å². The number of benzene rings is 1. The summed E-state index contributed by atoms with van der Waals surface area (Å²) in [4.78, 5) is 14.3. The summed E-state index contributed by atoms with van der Waals surface area (Å²) in [5.41, 5.74) is 2.65. The van der Waals surface area contributed by atoms with Crippen molar-refractivity contribution in [2.75, 3.05) is 25.0 Å². The fourth-order valence-corrected chi connectivity index (χ4v) is 2.49. The highest BCUT2D eigenvalue weighted by Crippen LogP contribution is 2.21. The minimum absolute atomic E-state index is 0.0124. The molecular weight excluding hydrogens is 240 g/mol. The second kappa shape index (κ2) is 6.06. The molecule has 0 aromatic heterocycles. The Bertz CT molecular complexity index is 459. The molecule has 0 spiro atoms. The third kappa shape index (κ3) is 3.26. The van der Waals surface area contributed by atoms with Gasteiger partial charge in [0, 0.05) is 25.3 Å². The highest BCUT2D eigenvalue weighted by atomic mass is 16.3. The maximum absolute atomic E-state index is 12.6. The normalized spacial score (nSPS) is 19.3. The molecule has 0 aliphatic carbocycles. The Hall–Kier alpha value is -1.55. The first-order chi connectivity index (χ1) is 9.11. The van der Waals surface area contributed by atoms with Crippen LogP contribution >= 0.6 is 0 Å². The average molecular weight is 262 g/mol.